The van der Waals surface area contributed by atoms with E-state index in [1.807, 2.05) is 43.7 Å². The van der Waals surface area contributed by atoms with Gasteiger partial charge in [-0.1, -0.05) is 23.7 Å². The van der Waals surface area contributed by atoms with Crippen LogP contribution in [-0.2, 0) is 6.54 Å². The van der Waals surface area contributed by atoms with Gasteiger partial charge >= 0.3 is 0 Å². The molecule has 0 spiro atoms. The Morgan fingerprint density at radius 2 is 2.00 bits per heavy atom. The molecule has 0 saturated heterocycles. The van der Waals surface area contributed by atoms with Gasteiger partial charge < -0.3 is 5.32 Å². The van der Waals surface area contributed by atoms with Crippen molar-refractivity contribution >= 4 is 11.6 Å². The van der Waals surface area contributed by atoms with Crippen molar-refractivity contribution in [2.24, 2.45) is 0 Å². The number of rotatable bonds is 3. The molecule has 2 aromatic rings. The summed E-state index contributed by atoms with van der Waals surface area (Å²) < 4.78 is 0. The van der Waals surface area contributed by atoms with Crippen molar-refractivity contribution < 1.29 is 0 Å². The van der Waals surface area contributed by atoms with Gasteiger partial charge in [-0.3, -0.25) is 0 Å². The molecule has 0 aliphatic carbocycles. The van der Waals surface area contributed by atoms with Crippen molar-refractivity contribution in [1.29, 1.82) is 0 Å². The van der Waals surface area contributed by atoms with E-state index in [2.05, 4.69) is 15.3 Å². The molecular formula is C12H12ClN3. The van der Waals surface area contributed by atoms with E-state index >= 15 is 0 Å². The quantitative estimate of drug-likeness (QED) is 0.885. The summed E-state index contributed by atoms with van der Waals surface area (Å²) in [5.41, 5.74) is 2.00. The van der Waals surface area contributed by atoms with E-state index in [0.29, 0.717) is 10.8 Å². The van der Waals surface area contributed by atoms with Crippen molar-refractivity contribution in [1.82, 2.24) is 15.3 Å². The Hall–Kier alpha value is -1.45. The predicted octanol–water partition coefficient (Wildman–Crippen LogP) is 2.52. The maximum atomic E-state index is 5.91. The third-order valence-corrected chi connectivity index (χ3v) is 2.40. The van der Waals surface area contributed by atoms with Gasteiger partial charge in [0, 0.05) is 35.1 Å². The summed E-state index contributed by atoms with van der Waals surface area (Å²) in [6.07, 6.45) is 3.64. The average molecular weight is 234 g/mol. The van der Waals surface area contributed by atoms with Gasteiger partial charge in [0.05, 0.1) is 0 Å². The van der Waals surface area contributed by atoms with Crippen LogP contribution in [0.25, 0.3) is 11.4 Å². The van der Waals surface area contributed by atoms with E-state index in [0.717, 1.165) is 17.7 Å². The van der Waals surface area contributed by atoms with Crippen LogP contribution in [0.4, 0.5) is 0 Å². The second kappa shape index (κ2) is 5.05. The summed E-state index contributed by atoms with van der Waals surface area (Å²) in [7, 11) is 1.89. The molecule has 16 heavy (non-hydrogen) atoms. The van der Waals surface area contributed by atoms with Crippen molar-refractivity contribution in [2.45, 2.75) is 6.54 Å². The second-order valence-electron chi connectivity index (χ2n) is 3.46. The van der Waals surface area contributed by atoms with Crippen LogP contribution in [0.2, 0.25) is 5.02 Å². The molecule has 2 rings (SSSR count). The lowest BCUT2D eigenvalue weighted by Crippen LogP contribution is -2.06. The third-order valence-electron chi connectivity index (χ3n) is 2.17. The topological polar surface area (TPSA) is 37.8 Å². The van der Waals surface area contributed by atoms with Crippen molar-refractivity contribution in [2.75, 3.05) is 7.05 Å². The van der Waals surface area contributed by atoms with Gasteiger partial charge in [-0.15, -0.1) is 0 Å². The highest BCUT2D eigenvalue weighted by atomic mass is 35.5. The summed E-state index contributed by atoms with van der Waals surface area (Å²) >= 11 is 5.91. The van der Waals surface area contributed by atoms with Crippen molar-refractivity contribution in [3.63, 3.8) is 0 Å². The predicted molar refractivity (Wildman–Crippen MR) is 65.2 cm³/mol. The maximum Gasteiger partial charge on any atom is 0.159 e. The lowest BCUT2D eigenvalue weighted by Gasteiger charge is -2.02. The minimum atomic E-state index is 0.695. The van der Waals surface area contributed by atoms with E-state index in [4.69, 9.17) is 11.6 Å². The molecule has 1 aromatic carbocycles. The van der Waals surface area contributed by atoms with Crippen LogP contribution >= 0.6 is 11.6 Å². The molecule has 0 unspecified atom stereocenters. The smallest absolute Gasteiger partial charge is 0.159 e. The minimum Gasteiger partial charge on any atom is -0.316 e. The molecule has 82 valence electrons. The van der Waals surface area contributed by atoms with Gasteiger partial charge in [-0.25, -0.2) is 9.97 Å². The fourth-order valence-corrected chi connectivity index (χ4v) is 1.62. The largest absolute Gasteiger partial charge is 0.316 e. The Morgan fingerprint density at radius 1 is 1.25 bits per heavy atom. The summed E-state index contributed by atoms with van der Waals surface area (Å²) in [4.78, 5) is 8.60. The van der Waals surface area contributed by atoms with Crippen LogP contribution in [0.5, 0.6) is 0 Å². The molecule has 0 aliphatic rings. The molecule has 0 fully saturated rings. The lowest BCUT2D eigenvalue weighted by molar-refractivity contribution is 0.807. The molecule has 1 heterocycles. The third kappa shape index (κ3) is 2.56. The van der Waals surface area contributed by atoms with Crippen LogP contribution in [0.1, 0.15) is 5.56 Å². The van der Waals surface area contributed by atoms with Gasteiger partial charge in [0.25, 0.3) is 0 Å². The summed E-state index contributed by atoms with van der Waals surface area (Å²) in [5, 5.41) is 3.75. The van der Waals surface area contributed by atoms with Crippen LogP contribution in [0.3, 0.4) is 0 Å². The average Bonchev–Trinajstić information content (AvgIpc) is 2.30. The molecule has 0 radical (unpaired) electrons. The van der Waals surface area contributed by atoms with E-state index in [1.165, 1.54) is 0 Å². The van der Waals surface area contributed by atoms with Crippen LogP contribution in [0.15, 0.2) is 36.7 Å². The molecule has 0 bridgehead atoms. The minimum absolute atomic E-state index is 0.695. The highest BCUT2D eigenvalue weighted by Gasteiger charge is 2.01. The molecule has 1 aromatic heterocycles. The number of hydrogen-bond donors (Lipinski definition) is 1. The first kappa shape index (κ1) is 11.0. The molecular weight excluding hydrogens is 222 g/mol. The Balaban J connectivity index is 2.27. The monoisotopic (exact) mass is 233 g/mol. The lowest BCUT2D eigenvalue weighted by atomic mass is 10.2. The number of benzene rings is 1. The first-order valence-electron chi connectivity index (χ1n) is 5.01. The first-order valence-corrected chi connectivity index (χ1v) is 5.39. The fourth-order valence-electron chi connectivity index (χ4n) is 1.43. The SMILES string of the molecule is CNCc1cnc(-c2cccc(Cl)c2)nc1. The molecule has 0 aliphatic heterocycles. The molecule has 0 atom stereocenters. The number of nitrogens with one attached hydrogen (secondary N) is 1. The fraction of sp³-hybridized carbons (Fsp3) is 0.167. The first-order chi connectivity index (χ1) is 7.79. The van der Waals surface area contributed by atoms with Crippen LogP contribution < -0.4 is 5.32 Å². The van der Waals surface area contributed by atoms with E-state index in [9.17, 15) is 0 Å². The van der Waals surface area contributed by atoms with E-state index in [-0.39, 0.29) is 0 Å². The second-order valence-corrected chi connectivity index (χ2v) is 3.89. The van der Waals surface area contributed by atoms with Gasteiger partial charge in [0.15, 0.2) is 5.82 Å². The molecule has 1 N–H and O–H groups in total. The number of hydrogen-bond acceptors (Lipinski definition) is 3. The molecule has 3 nitrogen and oxygen atoms in total. The van der Waals surface area contributed by atoms with Crippen molar-refractivity contribution in [3.8, 4) is 11.4 Å². The summed E-state index contributed by atoms with van der Waals surface area (Å²) in [6.45, 7) is 0.774. The summed E-state index contributed by atoms with van der Waals surface area (Å²) in [5.74, 6) is 0.697. The van der Waals surface area contributed by atoms with Crippen molar-refractivity contribution in [3.05, 3.63) is 47.2 Å². The van der Waals surface area contributed by atoms with Gasteiger partial charge in [-0.2, -0.15) is 0 Å². The van der Waals surface area contributed by atoms with Gasteiger partial charge in [-0.05, 0) is 19.2 Å². The maximum absolute atomic E-state index is 5.91. The number of halogens is 1. The molecule has 0 amide bonds. The highest BCUT2D eigenvalue weighted by Crippen LogP contribution is 2.18. The Labute approximate surface area is 99.5 Å². The Bertz CT molecular complexity index is 468. The molecule has 4 heteroatoms. The van der Waals surface area contributed by atoms with Gasteiger partial charge in [0.1, 0.15) is 0 Å². The zero-order valence-electron chi connectivity index (χ0n) is 8.94. The van der Waals surface area contributed by atoms with Crippen LogP contribution in [0, 0.1) is 0 Å². The zero-order valence-corrected chi connectivity index (χ0v) is 9.70. The van der Waals surface area contributed by atoms with E-state index < -0.39 is 0 Å². The van der Waals surface area contributed by atoms with Crippen LogP contribution in [-0.4, -0.2) is 17.0 Å². The standard InChI is InChI=1S/C12H12ClN3/c1-14-6-9-7-15-12(16-8-9)10-3-2-4-11(13)5-10/h2-5,7-8,14H,6H2,1H3. The molecule has 0 saturated carbocycles. The zero-order chi connectivity index (χ0) is 11.4. The highest BCUT2D eigenvalue weighted by molar-refractivity contribution is 6.30. The van der Waals surface area contributed by atoms with E-state index in [1.54, 1.807) is 0 Å². The Kier molecular flexibility index (Phi) is 3.49. The number of aromatic nitrogens is 2. The number of nitrogens with zero attached hydrogens (tertiary/aromatic N) is 2. The summed E-state index contributed by atoms with van der Waals surface area (Å²) in [6, 6.07) is 7.52. The normalized spacial score (nSPS) is 10.4. The van der Waals surface area contributed by atoms with Gasteiger partial charge in [0.2, 0.25) is 0 Å². The Morgan fingerprint density at radius 3 is 2.62 bits per heavy atom.